The zero-order chi connectivity index (χ0) is 9.31. The van der Waals surface area contributed by atoms with E-state index in [-0.39, 0.29) is 5.60 Å². The Balaban J connectivity index is 2.23. The molecule has 0 aromatic carbocycles. The van der Waals surface area contributed by atoms with Crippen molar-refractivity contribution in [2.75, 3.05) is 6.61 Å². The maximum absolute atomic E-state index is 5.61. The summed E-state index contributed by atoms with van der Waals surface area (Å²) in [6, 6.07) is 0. The van der Waals surface area contributed by atoms with Gasteiger partial charge in [-0.2, -0.15) is 0 Å². The van der Waals surface area contributed by atoms with Gasteiger partial charge in [0, 0.05) is 6.61 Å². The first-order valence-electron chi connectivity index (χ1n) is 4.40. The molecule has 1 fully saturated rings. The van der Waals surface area contributed by atoms with Crippen LogP contribution in [0.1, 0.15) is 31.4 Å². The molecule has 72 valence electrons. The molecule has 0 amide bonds. The van der Waals surface area contributed by atoms with E-state index in [0.717, 1.165) is 25.2 Å². The first kappa shape index (κ1) is 9.03. The molecule has 2 rings (SSSR count). The van der Waals surface area contributed by atoms with Crippen LogP contribution in [0.2, 0.25) is 0 Å². The molecule has 1 aliphatic rings. The summed E-state index contributed by atoms with van der Waals surface area (Å²) in [4.78, 5) is 4.05. The SMILES string of the molecule is CC1(c2cnc(CCl)o2)CCCO1. The van der Waals surface area contributed by atoms with E-state index in [1.54, 1.807) is 6.20 Å². The molecule has 0 radical (unpaired) electrons. The van der Waals surface area contributed by atoms with E-state index < -0.39 is 0 Å². The Bertz CT molecular complexity index is 292. The highest BCUT2D eigenvalue weighted by atomic mass is 35.5. The Morgan fingerprint density at radius 2 is 2.54 bits per heavy atom. The minimum atomic E-state index is -0.280. The van der Waals surface area contributed by atoms with Crippen molar-refractivity contribution in [3.8, 4) is 0 Å². The first-order valence-corrected chi connectivity index (χ1v) is 4.93. The molecule has 0 N–H and O–H groups in total. The Morgan fingerprint density at radius 3 is 3.08 bits per heavy atom. The van der Waals surface area contributed by atoms with E-state index in [1.165, 1.54) is 0 Å². The second-order valence-electron chi connectivity index (χ2n) is 3.43. The predicted octanol–water partition coefficient (Wildman–Crippen LogP) is 2.44. The number of aromatic nitrogens is 1. The lowest BCUT2D eigenvalue weighted by Crippen LogP contribution is -2.18. The molecule has 13 heavy (non-hydrogen) atoms. The van der Waals surface area contributed by atoms with Crippen molar-refractivity contribution < 1.29 is 9.15 Å². The van der Waals surface area contributed by atoms with E-state index in [0.29, 0.717) is 11.8 Å². The molecule has 1 unspecified atom stereocenters. The molecule has 3 nitrogen and oxygen atoms in total. The summed E-state index contributed by atoms with van der Waals surface area (Å²) in [5.41, 5.74) is -0.280. The maximum Gasteiger partial charge on any atom is 0.209 e. The molecule has 0 bridgehead atoms. The zero-order valence-corrected chi connectivity index (χ0v) is 8.30. The normalized spacial score (nSPS) is 28.2. The number of hydrogen-bond acceptors (Lipinski definition) is 3. The Kier molecular flexibility index (Phi) is 2.30. The largest absolute Gasteiger partial charge is 0.441 e. The van der Waals surface area contributed by atoms with Crippen molar-refractivity contribution >= 4 is 11.6 Å². The number of hydrogen-bond donors (Lipinski definition) is 0. The molecule has 0 saturated carbocycles. The van der Waals surface area contributed by atoms with Gasteiger partial charge in [-0.15, -0.1) is 11.6 Å². The van der Waals surface area contributed by atoms with Gasteiger partial charge in [-0.1, -0.05) is 0 Å². The second-order valence-corrected chi connectivity index (χ2v) is 3.70. The summed E-state index contributed by atoms with van der Waals surface area (Å²) in [7, 11) is 0. The highest BCUT2D eigenvalue weighted by Gasteiger charge is 2.35. The third-order valence-electron chi connectivity index (χ3n) is 2.41. The predicted molar refractivity (Wildman–Crippen MR) is 48.6 cm³/mol. The van der Waals surface area contributed by atoms with Crippen LogP contribution in [-0.4, -0.2) is 11.6 Å². The quantitative estimate of drug-likeness (QED) is 0.690. The first-order chi connectivity index (χ1) is 6.24. The van der Waals surface area contributed by atoms with Gasteiger partial charge in [-0.3, -0.25) is 0 Å². The summed E-state index contributed by atoms with van der Waals surface area (Å²) in [6.07, 6.45) is 3.78. The highest BCUT2D eigenvalue weighted by Crippen LogP contribution is 2.35. The lowest BCUT2D eigenvalue weighted by molar-refractivity contribution is -0.00147. The average molecular weight is 202 g/mol. The molecule has 1 saturated heterocycles. The number of halogens is 1. The minimum Gasteiger partial charge on any atom is -0.441 e. The van der Waals surface area contributed by atoms with Crippen molar-refractivity contribution in [2.24, 2.45) is 0 Å². The Hall–Kier alpha value is -0.540. The van der Waals surface area contributed by atoms with Crippen LogP contribution in [-0.2, 0) is 16.2 Å². The molecule has 1 aromatic rings. The van der Waals surface area contributed by atoms with Crippen LogP contribution in [0.25, 0.3) is 0 Å². The molecule has 4 heteroatoms. The third kappa shape index (κ3) is 1.58. The lowest BCUT2D eigenvalue weighted by Gasteiger charge is -2.18. The highest BCUT2D eigenvalue weighted by molar-refractivity contribution is 6.16. The number of ether oxygens (including phenoxy) is 1. The molecule has 0 spiro atoms. The molecule has 2 heterocycles. The zero-order valence-electron chi connectivity index (χ0n) is 7.55. The fourth-order valence-electron chi connectivity index (χ4n) is 1.59. The van der Waals surface area contributed by atoms with Gasteiger partial charge in [0.1, 0.15) is 5.60 Å². The van der Waals surface area contributed by atoms with Crippen molar-refractivity contribution in [3.63, 3.8) is 0 Å². The van der Waals surface area contributed by atoms with Crippen LogP contribution in [0.15, 0.2) is 10.6 Å². The van der Waals surface area contributed by atoms with Gasteiger partial charge in [0.05, 0.1) is 12.1 Å². The van der Waals surface area contributed by atoms with Crippen LogP contribution < -0.4 is 0 Å². The van der Waals surface area contributed by atoms with E-state index in [2.05, 4.69) is 4.98 Å². The second kappa shape index (κ2) is 3.31. The van der Waals surface area contributed by atoms with Crippen LogP contribution in [0, 0.1) is 0 Å². The van der Waals surface area contributed by atoms with Crippen molar-refractivity contribution in [3.05, 3.63) is 17.8 Å². The molecular formula is C9H12ClNO2. The van der Waals surface area contributed by atoms with E-state index >= 15 is 0 Å². The van der Waals surface area contributed by atoms with Crippen molar-refractivity contribution in [1.82, 2.24) is 4.98 Å². The summed E-state index contributed by atoms with van der Waals surface area (Å²) in [5, 5.41) is 0. The average Bonchev–Trinajstić information content (AvgIpc) is 2.72. The Morgan fingerprint density at radius 1 is 1.69 bits per heavy atom. The molecular weight excluding hydrogens is 190 g/mol. The van der Waals surface area contributed by atoms with Gasteiger partial charge in [0.25, 0.3) is 0 Å². The van der Waals surface area contributed by atoms with Crippen LogP contribution >= 0.6 is 11.6 Å². The monoisotopic (exact) mass is 201 g/mol. The van der Waals surface area contributed by atoms with Gasteiger partial charge in [0.15, 0.2) is 5.76 Å². The molecule has 0 aliphatic carbocycles. The maximum atomic E-state index is 5.61. The molecule has 1 aromatic heterocycles. The van der Waals surface area contributed by atoms with E-state index in [9.17, 15) is 0 Å². The van der Waals surface area contributed by atoms with Gasteiger partial charge in [-0.25, -0.2) is 4.98 Å². The minimum absolute atomic E-state index is 0.280. The van der Waals surface area contributed by atoms with E-state index in [4.69, 9.17) is 20.8 Å². The number of alkyl halides is 1. The van der Waals surface area contributed by atoms with Crippen LogP contribution in [0.4, 0.5) is 0 Å². The van der Waals surface area contributed by atoms with Crippen molar-refractivity contribution in [1.29, 1.82) is 0 Å². The summed E-state index contributed by atoms with van der Waals surface area (Å²) < 4.78 is 11.1. The number of oxazole rings is 1. The van der Waals surface area contributed by atoms with Crippen LogP contribution in [0.3, 0.4) is 0 Å². The fraction of sp³-hybridized carbons (Fsp3) is 0.667. The van der Waals surface area contributed by atoms with Gasteiger partial charge >= 0.3 is 0 Å². The fourth-order valence-corrected chi connectivity index (χ4v) is 1.71. The topological polar surface area (TPSA) is 35.3 Å². The summed E-state index contributed by atoms with van der Waals surface area (Å²) >= 11 is 5.60. The Labute approximate surface area is 82.0 Å². The molecule has 1 aliphatic heterocycles. The lowest BCUT2D eigenvalue weighted by atomic mass is 10.0. The smallest absolute Gasteiger partial charge is 0.209 e. The van der Waals surface area contributed by atoms with Crippen LogP contribution in [0.5, 0.6) is 0 Å². The van der Waals surface area contributed by atoms with Crippen molar-refractivity contribution in [2.45, 2.75) is 31.2 Å². The van der Waals surface area contributed by atoms with Gasteiger partial charge < -0.3 is 9.15 Å². The molecule has 1 atom stereocenters. The van der Waals surface area contributed by atoms with Gasteiger partial charge in [0.2, 0.25) is 5.89 Å². The summed E-state index contributed by atoms with van der Waals surface area (Å²) in [5.74, 6) is 1.67. The number of nitrogens with zero attached hydrogens (tertiary/aromatic N) is 1. The summed E-state index contributed by atoms with van der Waals surface area (Å²) in [6.45, 7) is 2.83. The standard InChI is InChI=1S/C9H12ClNO2/c1-9(3-2-4-12-9)7-6-11-8(5-10)13-7/h6H,2-5H2,1H3. The number of rotatable bonds is 2. The van der Waals surface area contributed by atoms with E-state index in [1.807, 2.05) is 6.92 Å². The van der Waals surface area contributed by atoms with Gasteiger partial charge in [-0.05, 0) is 19.8 Å². The third-order valence-corrected chi connectivity index (χ3v) is 2.64.